The minimum Gasteiger partial charge on any atom is -0.495 e. The van der Waals surface area contributed by atoms with E-state index in [1.165, 1.54) is 7.11 Å². The molecule has 1 aromatic carbocycles. The molecular weight excluding hydrogens is 350 g/mol. The van der Waals surface area contributed by atoms with E-state index in [-0.39, 0.29) is 4.90 Å². The molecule has 0 unspecified atom stereocenters. The molecule has 1 N–H and O–H groups in total. The molecule has 26 heavy (non-hydrogen) atoms. The van der Waals surface area contributed by atoms with Crippen LogP contribution in [0.3, 0.4) is 0 Å². The van der Waals surface area contributed by atoms with Gasteiger partial charge in [0.25, 0.3) is 0 Å². The van der Waals surface area contributed by atoms with Gasteiger partial charge in [0.2, 0.25) is 10.0 Å². The Bertz CT molecular complexity index is 832. The Morgan fingerprint density at radius 2 is 2.00 bits per heavy atom. The first kappa shape index (κ1) is 18.7. The Labute approximate surface area is 155 Å². The van der Waals surface area contributed by atoms with Crippen molar-refractivity contribution in [2.45, 2.75) is 24.7 Å². The Balaban J connectivity index is 1.59. The van der Waals surface area contributed by atoms with Crippen molar-refractivity contribution in [3.63, 3.8) is 0 Å². The van der Waals surface area contributed by atoms with Gasteiger partial charge in [-0.05, 0) is 55.5 Å². The summed E-state index contributed by atoms with van der Waals surface area (Å²) < 4.78 is 33.3. The lowest BCUT2D eigenvalue weighted by molar-refractivity contribution is 0.395. The van der Waals surface area contributed by atoms with Crippen LogP contribution in [0.25, 0.3) is 0 Å². The van der Waals surface area contributed by atoms with Crippen LogP contribution >= 0.6 is 0 Å². The molecule has 6 nitrogen and oxygen atoms in total. The highest BCUT2D eigenvalue weighted by Gasteiger charge is 2.24. The number of anilines is 1. The Kier molecular flexibility index (Phi) is 5.78. The molecule has 1 fully saturated rings. The van der Waals surface area contributed by atoms with Gasteiger partial charge in [-0.25, -0.2) is 18.1 Å². The number of piperidine rings is 1. The zero-order valence-electron chi connectivity index (χ0n) is 15.2. The van der Waals surface area contributed by atoms with Gasteiger partial charge in [0.1, 0.15) is 16.5 Å². The number of sulfonamides is 1. The molecule has 0 bridgehead atoms. The third-order valence-electron chi connectivity index (χ3n) is 4.76. The van der Waals surface area contributed by atoms with E-state index in [1.807, 2.05) is 31.2 Å². The number of methoxy groups -OCH3 is 1. The third-order valence-corrected chi connectivity index (χ3v) is 6.20. The summed E-state index contributed by atoms with van der Waals surface area (Å²) in [6.07, 6.45) is 3.67. The second-order valence-corrected chi connectivity index (χ2v) is 8.36. The molecule has 0 atom stereocenters. The quantitative estimate of drug-likeness (QED) is 0.840. The molecule has 140 valence electrons. The summed E-state index contributed by atoms with van der Waals surface area (Å²) in [5, 5.41) is 0. The monoisotopic (exact) mass is 375 g/mol. The van der Waals surface area contributed by atoms with Gasteiger partial charge in [0, 0.05) is 25.8 Å². The Morgan fingerprint density at radius 1 is 1.23 bits per heavy atom. The topological polar surface area (TPSA) is 71.5 Å². The average Bonchev–Trinajstić information content (AvgIpc) is 2.67. The first-order valence-electron chi connectivity index (χ1n) is 8.80. The SMILES string of the molecule is COc1ccc(C)cc1S(=O)(=O)NCC1CCN(c2ccccn2)CC1. The summed E-state index contributed by atoms with van der Waals surface area (Å²) in [7, 11) is -2.11. The van der Waals surface area contributed by atoms with Crippen LogP contribution in [0.15, 0.2) is 47.5 Å². The molecule has 1 aliphatic rings. The number of pyridine rings is 1. The van der Waals surface area contributed by atoms with E-state index in [0.717, 1.165) is 37.3 Å². The van der Waals surface area contributed by atoms with Gasteiger partial charge in [0.05, 0.1) is 7.11 Å². The highest BCUT2D eigenvalue weighted by atomic mass is 32.2. The van der Waals surface area contributed by atoms with Crippen molar-refractivity contribution in [2.75, 3.05) is 31.6 Å². The lowest BCUT2D eigenvalue weighted by Gasteiger charge is -2.32. The van der Waals surface area contributed by atoms with Crippen LogP contribution in [0.4, 0.5) is 5.82 Å². The molecular formula is C19H25N3O3S. The number of benzene rings is 1. The zero-order valence-corrected chi connectivity index (χ0v) is 16.0. The van der Waals surface area contributed by atoms with E-state index >= 15 is 0 Å². The number of ether oxygens (including phenoxy) is 1. The Hall–Kier alpha value is -2.12. The summed E-state index contributed by atoms with van der Waals surface area (Å²) in [5.74, 6) is 1.67. The van der Waals surface area contributed by atoms with Crippen LogP contribution in [0.1, 0.15) is 18.4 Å². The predicted molar refractivity (Wildman–Crippen MR) is 102 cm³/mol. The standard InChI is InChI=1S/C19H25N3O3S/c1-15-6-7-17(25-2)18(13-15)26(23,24)21-14-16-8-11-22(12-9-16)19-5-3-4-10-20-19/h3-7,10,13,16,21H,8-9,11-12,14H2,1-2H3. The molecule has 2 aromatic rings. The molecule has 0 radical (unpaired) electrons. The summed E-state index contributed by atoms with van der Waals surface area (Å²) in [4.78, 5) is 6.82. The maximum Gasteiger partial charge on any atom is 0.244 e. The first-order chi connectivity index (χ1) is 12.5. The molecule has 0 spiro atoms. The van der Waals surface area contributed by atoms with E-state index < -0.39 is 10.0 Å². The first-order valence-corrected chi connectivity index (χ1v) is 10.3. The number of nitrogens with zero attached hydrogens (tertiary/aromatic N) is 2. The molecule has 0 saturated carbocycles. The lowest BCUT2D eigenvalue weighted by Crippen LogP contribution is -2.39. The van der Waals surface area contributed by atoms with E-state index in [9.17, 15) is 8.42 Å². The third kappa shape index (κ3) is 4.34. The number of aryl methyl sites for hydroxylation is 1. The van der Waals surface area contributed by atoms with Crippen LogP contribution in [0, 0.1) is 12.8 Å². The predicted octanol–water partition coefficient (Wildman–Crippen LogP) is 2.59. The molecule has 7 heteroatoms. The van der Waals surface area contributed by atoms with Crippen LogP contribution in [0.5, 0.6) is 5.75 Å². The maximum atomic E-state index is 12.7. The highest BCUT2D eigenvalue weighted by molar-refractivity contribution is 7.89. The molecule has 3 rings (SSSR count). The number of hydrogen-bond donors (Lipinski definition) is 1. The van der Waals surface area contributed by atoms with Gasteiger partial charge in [-0.15, -0.1) is 0 Å². The number of aromatic nitrogens is 1. The second kappa shape index (κ2) is 8.05. The van der Waals surface area contributed by atoms with Crippen molar-refractivity contribution < 1.29 is 13.2 Å². The Morgan fingerprint density at radius 3 is 2.65 bits per heavy atom. The van der Waals surface area contributed by atoms with Crippen molar-refractivity contribution in [1.82, 2.24) is 9.71 Å². The van der Waals surface area contributed by atoms with Crippen LogP contribution < -0.4 is 14.4 Å². The highest BCUT2D eigenvalue weighted by Crippen LogP contribution is 2.26. The van der Waals surface area contributed by atoms with Gasteiger partial charge >= 0.3 is 0 Å². The fraction of sp³-hybridized carbons (Fsp3) is 0.421. The van der Waals surface area contributed by atoms with Gasteiger partial charge < -0.3 is 9.64 Å². The van der Waals surface area contributed by atoms with E-state index in [0.29, 0.717) is 18.2 Å². The van der Waals surface area contributed by atoms with Gasteiger partial charge in [0.15, 0.2) is 0 Å². The molecule has 0 amide bonds. The van der Waals surface area contributed by atoms with E-state index in [4.69, 9.17) is 4.74 Å². The summed E-state index contributed by atoms with van der Waals surface area (Å²) in [6, 6.07) is 11.1. The van der Waals surface area contributed by atoms with Crippen molar-refractivity contribution in [3.05, 3.63) is 48.2 Å². The molecule has 2 heterocycles. The minimum absolute atomic E-state index is 0.200. The van der Waals surface area contributed by atoms with Gasteiger partial charge in [-0.3, -0.25) is 0 Å². The van der Waals surface area contributed by atoms with Gasteiger partial charge in [-0.1, -0.05) is 12.1 Å². The molecule has 1 aromatic heterocycles. The van der Waals surface area contributed by atoms with Crippen molar-refractivity contribution in [2.24, 2.45) is 5.92 Å². The number of nitrogens with one attached hydrogen (secondary N) is 1. The fourth-order valence-electron chi connectivity index (χ4n) is 3.21. The maximum absolute atomic E-state index is 12.7. The van der Waals surface area contributed by atoms with Crippen LogP contribution in [-0.4, -0.2) is 40.1 Å². The molecule has 1 saturated heterocycles. The lowest BCUT2D eigenvalue weighted by atomic mass is 9.97. The van der Waals surface area contributed by atoms with E-state index in [2.05, 4.69) is 14.6 Å². The summed E-state index contributed by atoms with van der Waals surface area (Å²) in [5.41, 5.74) is 0.884. The minimum atomic E-state index is -3.59. The molecule has 0 aliphatic carbocycles. The smallest absolute Gasteiger partial charge is 0.244 e. The fourth-order valence-corrected chi connectivity index (χ4v) is 4.57. The van der Waals surface area contributed by atoms with Crippen molar-refractivity contribution in [1.29, 1.82) is 0 Å². The molecule has 1 aliphatic heterocycles. The number of hydrogen-bond acceptors (Lipinski definition) is 5. The summed E-state index contributed by atoms with van der Waals surface area (Å²) in [6.45, 7) is 4.08. The second-order valence-electron chi connectivity index (χ2n) is 6.62. The van der Waals surface area contributed by atoms with Crippen LogP contribution in [0.2, 0.25) is 0 Å². The largest absolute Gasteiger partial charge is 0.495 e. The van der Waals surface area contributed by atoms with E-state index in [1.54, 1.807) is 18.3 Å². The normalized spacial score (nSPS) is 15.8. The van der Waals surface area contributed by atoms with Gasteiger partial charge in [-0.2, -0.15) is 0 Å². The zero-order chi connectivity index (χ0) is 18.6. The summed E-state index contributed by atoms with van der Waals surface area (Å²) >= 11 is 0. The number of rotatable bonds is 6. The van der Waals surface area contributed by atoms with Crippen LogP contribution in [-0.2, 0) is 10.0 Å². The van der Waals surface area contributed by atoms with Crippen molar-refractivity contribution in [3.8, 4) is 5.75 Å². The average molecular weight is 375 g/mol. The van der Waals surface area contributed by atoms with Crippen molar-refractivity contribution >= 4 is 15.8 Å².